The van der Waals surface area contributed by atoms with Crippen molar-refractivity contribution < 1.29 is 24.9 Å². The molecule has 0 fully saturated rings. The number of carboxylic acids is 2. The van der Waals surface area contributed by atoms with E-state index in [-0.39, 0.29) is 6.42 Å². The summed E-state index contributed by atoms with van der Waals surface area (Å²) >= 11 is 0. The van der Waals surface area contributed by atoms with Gasteiger partial charge in [0.2, 0.25) is 0 Å². The molecule has 0 aromatic rings. The van der Waals surface area contributed by atoms with Crippen LogP contribution in [0.5, 0.6) is 0 Å². The van der Waals surface area contributed by atoms with Crippen LogP contribution in [0.3, 0.4) is 0 Å². The van der Waals surface area contributed by atoms with Gasteiger partial charge in [-0.15, -0.1) is 6.58 Å². The van der Waals surface area contributed by atoms with Gasteiger partial charge in [-0.2, -0.15) is 0 Å². The van der Waals surface area contributed by atoms with Crippen LogP contribution >= 0.6 is 0 Å². The Morgan fingerprint density at radius 2 is 1.77 bits per heavy atom. The maximum Gasteiger partial charge on any atom is 0.335 e. The molecular weight excluding hydrogens is 176 g/mol. The lowest BCUT2D eigenvalue weighted by atomic mass is 10.0. The molecule has 13 heavy (non-hydrogen) atoms. The number of aliphatic carboxylic acids is 2. The third-order valence-corrected chi connectivity index (χ3v) is 1.00. The maximum absolute atomic E-state index is 10.1. The van der Waals surface area contributed by atoms with Crippen molar-refractivity contribution >= 4 is 11.9 Å². The van der Waals surface area contributed by atoms with Crippen molar-refractivity contribution in [3.8, 4) is 0 Å². The van der Waals surface area contributed by atoms with E-state index < -0.39 is 17.5 Å². The highest BCUT2D eigenvalue weighted by Crippen LogP contribution is 2.08. The van der Waals surface area contributed by atoms with Gasteiger partial charge >= 0.3 is 5.97 Å². The SMILES string of the molecule is C=CCC(C)(O)C(=O)O.CC(=O)O. The fraction of sp³-hybridized carbons (Fsp3) is 0.500. The van der Waals surface area contributed by atoms with E-state index in [0.717, 1.165) is 6.92 Å². The van der Waals surface area contributed by atoms with Crippen molar-refractivity contribution in [2.75, 3.05) is 0 Å². The average molecular weight is 190 g/mol. The van der Waals surface area contributed by atoms with Gasteiger partial charge in [0.1, 0.15) is 0 Å². The summed E-state index contributed by atoms with van der Waals surface area (Å²) in [7, 11) is 0. The van der Waals surface area contributed by atoms with E-state index in [9.17, 15) is 4.79 Å². The van der Waals surface area contributed by atoms with E-state index in [1.807, 2.05) is 0 Å². The molecule has 5 heteroatoms. The molecule has 0 aliphatic rings. The molecule has 0 rings (SSSR count). The van der Waals surface area contributed by atoms with Crippen molar-refractivity contribution in [3.63, 3.8) is 0 Å². The molecule has 0 aliphatic carbocycles. The zero-order valence-electron chi connectivity index (χ0n) is 7.65. The van der Waals surface area contributed by atoms with E-state index in [1.165, 1.54) is 13.0 Å². The number of aliphatic hydroxyl groups is 1. The third-order valence-electron chi connectivity index (χ3n) is 1.00. The zero-order valence-corrected chi connectivity index (χ0v) is 7.65. The summed E-state index contributed by atoms with van der Waals surface area (Å²) in [4.78, 5) is 19.1. The molecule has 0 heterocycles. The first kappa shape index (κ1) is 14.2. The Morgan fingerprint density at radius 3 is 1.85 bits per heavy atom. The predicted octanol–water partition coefficient (Wildman–Crippen LogP) is 0.489. The van der Waals surface area contributed by atoms with Crippen LogP contribution in [-0.2, 0) is 9.59 Å². The Labute approximate surface area is 76.3 Å². The number of hydrogen-bond acceptors (Lipinski definition) is 3. The second-order valence-electron chi connectivity index (χ2n) is 2.59. The Bertz CT molecular complexity index is 191. The number of carbonyl (C=O) groups is 2. The predicted molar refractivity (Wildman–Crippen MR) is 46.4 cm³/mol. The van der Waals surface area contributed by atoms with Gasteiger partial charge in [0.15, 0.2) is 5.60 Å². The number of rotatable bonds is 3. The standard InChI is InChI=1S/C6H10O3.C2H4O2/c1-3-4-6(2,9)5(7)8;1-2(3)4/h3,9H,1,4H2,2H3,(H,7,8);1H3,(H,3,4). The van der Waals surface area contributed by atoms with Crippen LogP contribution in [0, 0.1) is 0 Å². The van der Waals surface area contributed by atoms with Crippen LogP contribution in [0.1, 0.15) is 20.3 Å². The van der Waals surface area contributed by atoms with Crippen LogP contribution in [0.2, 0.25) is 0 Å². The van der Waals surface area contributed by atoms with Crippen LogP contribution < -0.4 is 0 Å². The van der Waals surface area contributed by atoms with Gasteiger partial charge in [0.25, 0.3) is 5.97 Å². The van der Waals surface area contributed by atoms with Crippen LogP contribution in [0.4, 0.5) is 0 Å². The summed E-state index contributed by atoms with van der Waals surface area (Å²) in [5.74, 6) is -2.05. The Morgan fingerprint density at radius 1 is 1.46 bits per heavy atom. The average Bonchev–Trinajstić information content (AvgIpc) is 1.85. The molecule has 0 saturated carbocycles. The van der Waals surface area contributed by atoms with Gasteiger partial charge < -0.3 is 15.3 Å². The summed E-state index contributed by atoms with van der Waals surface area (Å²) < 4.78 is 0. The monoisotopic (exact) mass is 190 g/mol. The molecule has 3 N–H and O–H groups in total. The quantitative estimate of drug-likeness (QED) is 0.563. The number of hydrogen-bond donors (Lipinski definition) is 3. The fourth-order valence-electron chi connectivity index (χ4n) is 0.368. The summed E-state index contributed by atoms with van der Waals surface area (Å²) in [5.41, 5.74) is -1.65. The minimum absolute atomic E-state index is 0.0718. The smallest absolute Gasteiger partial charge is 0.335 e. The van der Waals surface area contributed by atoms with Crippen molar-refractivity contribution in [1.82, 2.24) is 0 Å². The lowest BCUT2D eigenvalue weighted by molar-refractivity contribution is -0.156. The largest absolute Gasteiger partial charge is 0.481 e. The maximum atomic E-state index is 10.1. The Balaban J connectivity index is 0. The van der Waals surface area contributed by atoms with Crippen molar-refractivity contribution in [3.05, 3.63) is 12.7 Å². The Hall–Kier alpha value is -1.36. The minimum Gasteiger partial charge on any atom is -0.481 e. The molecule has 0 aromatic heterocycles. The summed E-state index contributed by atoms with van der Waals surface area (Å²) in [5, 5.41) is 24.6. The van der Waals surface area contributed by atoms with Crippen LogP contribution in [0.25, 0.3) is 0 Å². The summed E-state index contributed by atoms with van der Waals surface area (Å²) in [6.45, 7) is 5.62. The zero-order chi connectivity index (χ0) is 11.1. The van der Waals surface area contributed by atoms with E-state index in [0.29, 0.717) is 0 Å². The molecule has 0 radical (unpaired) electrons. The van der Waals surface area contributed by atoms with Gasteiger partial charge in [-0.1, -0.05) is 6.08 Å². The topological polar surface area (TPSA) is 94.8 Å². The highest BCUT2D eigenvalue weighted by molar-refractivity contribution is 5.76. The van der Waals surface area contributed by atoms with Crippen LogP contribution in [0.15, 0.2) is 12.7 Å². The summed E-state index contributed by atoms with van der Waals surface area (Å²) in [6, 6.07) is 0. The normalized spacial score (nSPS) is 13.2. The van der Waals surface area contributed by atoms with E-state index in [4.69, 9.17) is 20.1 Å². The fourth-order valence-corrected chi connectivity index (χ4v) is 0.368. The highest BCUT2D eigenvalue weighted by Gasteiger charge is 2.27. The first-order valence-corrected chi connectivity index (χ1v) is 3.50. The van der Waals surface area contributed by atoms with Crippen molar-refractivity contribution in [1.29, 1.82) is 0 Å². The van der Waals surface area contributed by atoms with Gasteiger partial charge in [0, 0.05) is 13.3 Å². The van der Waals surface area contributed by atoms with E-state index in [2.05, 4.69) is 6.58 Å². The van der Waals surface area contributed by atoms with E-state index >= 15 is 0 Å². The molecule has 0 bridgehead atoms. The third kappa shape index (κ3) is 10.6. The second kappa shape index (κ2) is 6.19. The molecule has 1 unspecified atom stereocenters. The molecule has 1 atom stereocenters. The van der Waals surface area contributed by atoms with Gasteiger partial charge in [-0.25, -0.2) is 4.79 Å². The number of carboxylic acid groups (broad SMARTS) is 2. The first-order valence-electron chi connectivity index (χ1n) is 3.50. The van der Waals surface area contributed by atoms with Crippen molar-refractivity contribution in [2.45, 2.75) is 25.9 Å². The van der Waals surface area contributed by atoms with Crippen LogP contribution in [-0.4, -0.2) is 32.9 Å². The minimum atomic E-state index is -1.65. The molecule has 0 saturated heterocycles. The molecule has 76 valence electrons. The molecular formula is C8H14O5. The molecule has 0 amide bonds. The summed E-state index contributed by atoms with van der Waals surface area (Å²) in [6.07, 6.45) is 1.44. The van der Waals surface area contributed by atoms with Crippen molar-refractivity contribution in [2.24, 2.45) is 0 Å². The first-order chi connectivity index (χ1) is 5.74. The lowest BCUT2D eigenvalue weighted by Gasteiger charge is -2.13. The van der Waals surface area contributed by atoms with Gasteiger partial charge in [-0.3, -0.25) is 4.79 Å². The molecule has 5 nitrogen and oxygen atoms in total. The van der Waals surface area contributed by atoms with Gasteiger partial charge in [0.05, 0.1) is 0 Å². The molecule has 0 aromatic carbocycles. The lowest BCUT2D eigenvalue weighted by Crippen LogP contribution is -2.33. The van der Waals surface area contributed by atoms with Gasteiger partial charge in [-0.05, 0) is 6.92 Å². The second-order valence-corrected chi connectivity index (χ2v) is 2.59. The molecule has 0 spiro atoms. The molecule has 0 aliphatic heterocycles. The highest BCUT2D eigenvalue weighted by atomic mass is 16.4. The van der Waals surface area contributed by atoms with E-state index in [1.54, 1.807) is 0 Å². The Kier molecular flexibility index (Phi) is 6.75.